The van der Waals surface area contributed by atoms with Gasteiger partial charge in [-0.3, -0.25) is 9.69 Å². The number of rotatable bonds is 3. The van der Waals surface area contributed by atoms with Crippen LogP contribution in [-0.4, -0.2) is 71.1 Å². The fourth-order valence-corrected chi connectivity index (χ4v) is 4.17. The Balaban J connectivity index is 2.06. The summed E-state index contributed by atoms with van der Waals surface area (Å²) in [6.45, 7) is 4.17. The SMILES string of the molecule is CN1CCN(C2(CC(=O)O)CCSCC2)CC1. The third-order valence-corrected chi connectivity index (χ3v) is 5.06. The first-order chi connectivity index (χ1) is 8.12. The van der Waals surface area contributed by atoms with Crippen molar-refractivity contribution < 1.29 is 9.90 Å². The first-order valence-electron chi connectivity index (χ1n) is 6.36. The Morgan fingerprint density at radius 3 is 2.35 bits per heavy atom. The fraction of sp³-hybridized carbons (Fsp3) is 0.917. The summed E-state index contributed by atoms with van der Waals surface area (Å²) in [5.74, 6) is 1.58. The molecular weight excluding hydrogens is 236 g/mol. The number of carbonyl (C=O) groups is 1. The lowest BCUT2D eigenvalue weighted by Crippen LogP contribution is -2.58. The largest absolute Gasteiger partial charge is 0.481 e. The van der Waals surface area contributed by atoms with Crippen LogP contribution >= 0.6 is 11.8 Å². The minimum Gasteiger partial charge on any atom is -0.481 e. The van der Waals surface area contributed by atoms with Crippen molar-refractivity contribution in [2.45, 2.75) is 24.8 Å². The van der Waals surface area contributed by atoms with Crippen molar-refractivity contribution in [3.05, 3.63) is 0 Å². The maximum Gasteiger partial charge on any atom is 0.305 e. The molecule has 2 heterocycles. The molecule has 0 aromatic carbocycles. The number of aliphatic carboxylic acids is 1. The molecule has 0 aliphatic carbocycles. The molecule has 2 aliphatic rings. The van der Waals surface area contributed by atoms with Crippen LogP contribution in [0.2, 0.25) is 0 Å². The van der Waals surface area contributed by atoms with E-state index in [9.17, 15) is 4.79 Å². The highest BCUT2D eigenvalue weighted by atomic mass is 32.2. The van der Waals surface area contributed by atoms with E-state index in [1.54, 1.807) is 0 Å². The Morgan fingerprint density at radius 1 is 1.24 bits per heavy atom. The van der Waals surface area contributed by atoms with Gasteiger partial charge in [0, 0.05) is 31.7 Å². The summed E-state index contributed by atoms with van der Waals surface area (Å²) >= 11 is 1.96. The van der Waals surface area contributed by atoms with Crippen LogP contribution in [0.25, 0.3) is 0 Å². The summed E-state index contributed by atoms with van der Waals surface area (Å²) in [5, 5.41) is 9.17. The number of carboxylic acids is 1. The molecule has 2 fully saturated rings. The van der Waals surface area contributed by atoms with Gasteiger partial charge in [0.1, 0.15) is 0 Å². The Hall–Kier alpha value is -0.260. The summed E-state index contributed by atoms with van der Waals surface area (Å²) in [7, 11) is 2.14. The number of hydrogen-bond donors (Lipinski definition) is 1. The summed E-state index contributed by atoms with van der Waals surface area (Å²) in [4.78, 5) is 15.9. The van der Waals surface area contributed by atoms with Crippen LogP contribution in [0.3, 0.4) is 0 Å². The van der Waals surface area contributed by atoms with E-state index in [1.165, 1.54) is 0 Å². The highest BCUT2D eigenvalue weighted by molar-refractivity contribution is 7.99. The summed E-state index contributed by atoms with van der Waals surface area (Å²) in [6, 6.07) is 0. The Kier molecular flexibility index (Phi) is 4.33. The van der Waals surface area contributed by atoms with Gasteiger partial charge in [0.15, 0.2) is 0 Å². The molecule has 0 unspecified atom stereocenters. The van der Waals surface area contributed by atoms with Crippen LogP contribution in [0.1, 0.15) is 19.3 Å². The van der Waals surface area contributed by atoms with Gasteiger partial charge in [-0.05, 0) is 31.4 Å². The molecule has 98 valence electrons. The average Bonchev–Trinajstić information content (AvgIpc) is 2.30. The van der Waals surface area contributed by atoms with Crippen LogP contribution in [0.15, 0.2) is 0 Å². The molecular formula is C12H22N2O2S. The standard InChI is InChI=1S/C12H22N2O2S/c1-13-4-6-14(7-5-13)12(10-11(15)16)2-8-17-9-3-12/h2-10H2,1H3,(H,15,16). The second kappa shape index (κ2) is 5.59. The molecule has 0 bridgehead atoms. The smallest absolute Gasteiger partial charge is 0.305 e. The third kappa shape index (κ3) is 3.14. The molecule has 0 spiro atoms. The number of piperazine rings is 1. The van der Waals surface area contributed by atoms with Crippen LogP contribution in [0, 0.1) is 0 Å². The van der Waals surface area contributed by atoms with Crippen LogP contribution in [0.5, 0.6) is 0 Å². The summed E-state index contributed by atoms with van der Waals surface area (Å²) in [6.07, 6.45) is 2.39. The maximum atomic E-state index is 11.1. The van der Waals surface area contributed by atoms with Gasteiger partial charge in [0.2, 0.25) is 0 Å². The molecule has 0 aromatic rings. The van der Waals surface area contributed by atoms with Crippen molar-refractivity contribution in [1.82, 2.24) is 9.80 Å². The molecule has 2 aliphatic heterocycles. The van der Waals surface area contributed by atoms with Gasteiger partial charge >= 0.3 is 5.97 Å². The summed E-state index contributed by atoms with van der Waals surface area (Å²) in [5.41, 5.74) is -0.0572. The number of hydrogen-bond acceptors (Lipinski definition) is 4. The van der Waals surface area contributed by atoms with Gasteiger partial charge in [-0.2, -0.15) is 11.8 Å². The highest BCUT2D eigenvalue weighted by Crippen LogP contribution is 2.35. The van der Waals surface area contributed by atoms with E-state index in [1.807, 2.05) is 11.8 Å². The van der Waals surface area contributed by atoms with E-state index in [4.69, 9.17) is 5.11 Å². The quantitative estimate of drug-likeness (QED) is 0.817. The molecule has 0 radical (unpaired) electrons. The van der Waals surface area contributed by atoms with Crippen LogP contribution in [0.4, 0.5) is 0 Å². The van der Waals surface area contributed by atoms with E-state index >= 15 is 0 Å². The molecule has 0 saturated carbocycles. The lowest BCUT2D eigenvalue weighted by molar-refractivity contribution is -0.141. The molecule has 0 amide bonds. The van der Waals surface area contributed by atoms with E-state index < -0.39 is 5.97 Å². The minimum absolute atomic E-state index is 0.0572. The van der Waals surface area contributed by atoms with Crippen molar-refractivity contribution in [2.24, 2.45) is 0 Å². The monoisotopic (exact) mass is 258 g/mol. The van der Waals surface area contributed by atoms with Crippen molar-refractivity contribution in [3.8, 4) is 0 Å². The van der Waals surface area contributed by atoms with E-state index in [-0.39, 0.29) is 5.54 Å². The van der Waals surface area contributed by atoms with E-state index in [0.717, 1.165) is 50.5 Å². The van der Waals surface area contributed by atoms with Gasteiger partial charge in [-0.25, -0.2) is 0 Å². The zero-order valence-corrected chi connectivity index (χ0v) is 11.3. The van der Waals surface area contributed by atoms with Crippen molar-refractivity contribution >= 4 is 17.7 Å². The first-order valence-corrected chi connectivity index (χ1v) is 7.51. The second-order valence-electron chi connectivity index (χ2n) is 5.20. The van der Waals surface area contributed by atoms with Gasteiger partial charge in [-0.1, -0.05) is 0 Å². The number of likely N-dealkylation sites (N-methyl/N-ethyl adjacent to an activating group) is 1. The maximum absolute atomic E-state index is 11.1. The Morgan fingerprint density at radius 2 is 1.82 bits per heavy atom. The van der Waals surface area contributed by atoms with E-state index in [2.05, 4.69) is 16.8 Å². The van der Waals surface area contributed by atoms with Gasteiger partial charge in [0.05, 0.1) is 6.42 Å². The molecule has 4 nitrogen and oxygen atoms in total. The first kappa shape index (κ1) is 13.2. The normalized spacial score (nSPS) is 26.9. The Bertz CT molecular complexity index is 272. The Labute approximate surface area is 107 Å². The molecule has 5 heteroatoms. The van der Waals surface area contributed by atoms with Crippen molar-refractivity contribution in [1.29, 1.82) is 0 Å². The lowest BCUT2D eigenvalue weighted by atomic mass is 9.85. The van der Waals surface area contributed by atoms with Gasteiger partial charge in [-0.15, -0.1) is 0 Å². The number of thioether (sulfide) groups is 1. The minimum atomic E-state index is -0.643. The van der Waals surface area contributed by atoms with Crippen LogP contribution < -0.4 is 0 Å². The van der Waals surface area contributed by atoms with E-state index in [0.29, 0.717) is 6.42 Å². The number of nitrogens with zero attached hydrogens (tertiary/aromatic N) is 2. The molecule has 2 rings (SSSR count). The zero-order chi connectivity index (χ0) is 12.3. The molecule has 1 N–H and O–H groups in total. The fourth-order valence-electron chi connectivity index (χ4n) is 2.92. The lowest BCUT2D eigenvalue weighted by Gasteiger charge is -2.48. The molecule has 0 aromatic heterocycles. The average molecular weight is 258 g/mol. The van der Waals surface area contributed by atoms with Crippen LogP contribution in [-0.2, 0) is 4.79 Å². The molecule has 17 heavy (non-hydrogen) atoms. The van der Waals surface area contributed by atoms with Gasteiger partial charge in [0.25, 0.3) is 0 Å². The second-order valence-corrected chi connectivity index (χ2v) is 6.42. The molecule has 0 atom stereocenters. The van der Waals surface area contributed by atoms with Crippen molar-refractivity contribution in [2.75, 3.05) is 44.7 Å². The molecule has 2 saturated heterocycles. The van der Waals surface area contributed by atoms with Gasteiger partial charge < -0.3 is 10.0 Å². The summed E-state index contributed by atoms with van der Waals surface area (Å²) < 4.78 is 0. The predicted molar refractivity (Wildman–Crippen MR) is 70.6 cm³/mol. The predicted octanol–water partition coefficient (Wildman–Crippen LogP) is 0.974. The third-order valence-electron chi connectivity index (χ3n) is 4.08. The zero-order valence-electron chi connectivity index (χ0n) is 10.5. The highest BCUT2D eigenvalue weighted by Gasteiger charge is 2.40. The van der Waals surface area contributed by atoms with Crippen molar-refractivity contribution in [3.63, 3.8) is 0 Å². The topological polar surface area (TPSA) is 43.8 Å². The number of carboxylic acid groups (broad SMARTS) is 1.